The Morgan fingerprint density at radius 3 is 2.62 bits per heavy atom. The first-order valence-corrected chi connectivity index (χ1v) is 8.02. The van der Waals surface area contributed by atoms with Crippen LogP contribution in [-0.4, -0.2) is 23.5 Å². The Labute approximate surface area is 139 Å². The van der Waals surface area contributed by atoms with Crippen LogP contribution in [-0.2, 0) is 6.54 Å². The quantitative estimate of drug-likeness (QED) is 0.782. The van der Waals surface area contributed by atoms with E-state index in [1.807, 2.05) is 0 Å². The fourth-order valence-corrected chi connectivity index (χ4v) is 3.15. The largest absolute Gasteiger partial charge is 0.467 e. The second kappa shape index (κ2) is 7.47. The molecule has 4 nitrogen and oxygen atoms in total. The number of furan rings is 1. The molecule has 3 rings (SSSR count). The molecule has 1 amide bonds. The Hall–Kier alpha value is -2.37. The second-order valence-corrected chi connectivity index (χ2v) is 5.83. The summed E-state index contributed by atoms with van der Waals surface area (Å²) >= 11 is 0. The molecule has 1 aromatic carbocycles. The number of benzene rings is 1. The minimum Gasteiger partial charge on any atom is -0.467 e. The molecule has 0 saturated heterocycles. The van der Waals surface area contributed by atoms with Gasteiger partial charge >= 0.3 is 6.61 Å². The Morgan fingerprint density at radius 1 is 1.21 bits per heavy atom. The number of amides is 1. The van der Waals surface area contributed by atoms with Crippen molar-refractivity contribution in [1.29, 1.82) is 0 Å². The van der Waals surface area contributed by atoms with E-state index >= 15 is 0 Å². The number of rotatable bonds is 6. The molecule has 0 atom stereocenters. The van der Waals surface area contributed by atoms with Crippen molar-refractivity contribution in [3.63, 3.8) is 0 Å². The minimum absolute atomic E-state index is 0.0854. The first-order valence-electron chi connectivity index (χ1n) is 8.02. The molecule has 0 radical (unpaired) electrons. The first kappa shape index (κ1) is 16.5. The van der Waals surface area contributed by atoms with Gasteiger partial charge in [-0.1, -0.05) is 25.0 Å². The molecule has 0 N–H and O–H groups in total. The number of nitrogens with zero attached hydrogens (tertiary/aromatic N) is 1. The maximum atomic E-state index is 13.0. The van der Waals surface area contributed by atoms with Crippen molar-refractivity contribution in [2.75, 3.05) is 0 Å². The van der Waals surface area contributed by atoms with Crippen LogP contribution >= 0.6 is 0 Å². The van der Waals surface area contributed by atoms with E-state index in [1.54, 1.807) is 35.4 Å². The molecule has 1 heterocycles. The standard InChI is InChI=1S/C18H19F2NO3/c19-18(20)24-16-10-4-3-9-15(16)17(22)21(13-6-1-2-7-13)12-14-8-5-11-23-14/h3-5,8-11,13,18H,1-2,6-7,12H2. The summed E-state index contributed by atoms with van der Waals surface area (Å²) < 4.78 is 35.1. The van der Waals surface area contributed by atoms with Crippen LogP contribution in [0.2, 0.25) is 0 Å². The highest BCUT2D eigenvalue weighted by atomic mass is 19.3. The molecule has 1 aromatic heterocycles. The topological polar surface area (TPSA) is 42.7 Å². The van der Waals surface area contributed by atoms with E-state index in [9.17, 15) is 13.6 Å². The zero-order chi connectivity index (χ0) is 16.9. The van der Waals surface area contributed by atoms with Crippen LogP contribution in [0.25, 0.3) is 0 Å². The lowest BCUT2D eigenvalue weighted by molar-refractivity contribution is -0.0503. The predicted octanol–water partition coefficient (Wildman–Crippen LogP) is 4.47. The highest BCUT2D eigenvalue weighted by Crippen LogP contribution is 2.29. The summed E-state index contributed by atoms with van der Waals surface area (Å²) in [4.78, 5) is 14.7. The summed E-state index contributed by atoms with van der Waals surface area (Å²) in [6.07, 6.45) is 5.48. The zero-order valence-corrected chi connectivity index (χ0v) is 13.2. The molecule has 0 unspecified atom stereocenters. The van der Waals surface area contributed by atoms with Gasteiger partial charge in [0.25, 0.3) is 5.91 Å². The number of halogens is 2. The zero-order valence-electron chi connectivity index (χ0n) is 13.2. The van der Waals surface area contributed by atoms with E-state index in [2.05, 4.69) is 4.74 Å². The molecule has 1 aliphatic carbocycles. The van der Waals surface area contributed by atoms with Gasteiger partial charge in [0, 0.05) is 6.04 Å². The van der Waals surface area contributed by atoms with Gasteiger partial charge in [0.2, 0.25) is 0 Å². The SMILES string of the molecule is O=C(c1ccccc1OC(F)F)N(Cc1ccco1)C1CCCC1. The van der Waals surface area contributed by atoms with Crippen LogP contribution in [0.1, 0.15) is 41.8 Å². The molecule has 24 heavy (non-hydrogen) atoms. The van der Waals surface area contributed by atoms with Gasteiger partial charge in [-0.2, -0.15) is 8.78 Å². The monoisotopic (exact) mass is 335 g/mol. The maximum Gasteiger partial charge on any atom is 0.387 e. The Morgan fingerprint density at radius 2 is 1.96 bits per heavy atom. The van der Waals surface area contributed by atoms with Crippen LogP contribution in [0.3, 0.4) is 0 Å². The van der Waals surface area contributed by atoms with Gasteiger partial charge in [-0.05, 0) is 37.1 Å². The average Bonchev–Trinajstić information content (AvgIpc) is 3.25. The van der Waals surface area contributed by atoms with E-state index in [0.717, 1.165) is 25.7 Å². The normalized spacial score (nSPS) is 15.0. The summed E-state index contributed by atoms with van der Waals surface area (Å²) in [5, 5.41) is 0. The van der Waals surface area contributed by atoms with E-state index < -0.39 is 6.61 Å². The van der Waals surface area contributed by atoms with Gasteiger partial charge < -0.3 is 14.1 Å². The van der Waals surface area contributed by atoms with Crippen molar-refractivity contribution in [1.82, 2.24) is 4.90 Å². The summed E-state index contributed by atoms with van der Waals surface area (Å²) in [7, 11) is 0. The van der Waals surface area contributed by atoms with Gasteiger partial charge in [-0.3, -0.25) is 4.79 Å². The number of alkyl halides is 2. The van der Waals surface area contributed by atoms with Crippen molar-refractivity contribution < 1.29 is 22.7 Å². The molecular weight excluding hydrogens is 316 g/mol. The van der Waals surface area contributed by atoms with Crippen LogP contribution in [0.15, 0.2) is 47.1 Å². The third-order valence-corrected chi connectivity index (χ3v) is 4.27. The first-order chi connectivity index (χ1) is 11.6. The van der Waals surface area contributed by atoms with Gasteiger partial charge in [-0.15, -0.1) is 0 Å². The minimum atomic E-state index is -2.97. The number of carbonyl (C=O) groups is 1. The summed E-state index contributed by atoms with van der Waals surface area (Å²) in [5.41, 5.74) is 0.149. The van der Waals surface area contributed by atoms with E-state index in [1.165, 1.54) is 12.1 Å². The Bertz CT molecular complexity index is 667. The molecule has 0 spiro atoms. The van der Waals surface area contributed by atoms with Crippen molar-refractivity contribution in [2.24, 2.45) is 0 Å². The lowest BCUT2D eigenvalue weighted by Gasteiger charge is -2.29. The summed E-state index contributed by atoms with van der Waals surface area (Å²) in [6, 6.07) is 9.77. The highest BCUT2D eigenvalue weighted by Gasteiger charge is 2.30. The molecule has 0 aliphatic heterocycles. The summed E-state index contributed by atoms with van der Waals surface area (Å²) in [5.74, 6) is 0.261. The lowest BCUT2D eigenvalue weighted by Crippen LogP contribution is -2.38. The number of hydrogen-bond acceptors (Lipinski definition) is 3. The predicted molar refractivity (Wildman–Crippen MR) is 83.9 cm³/mol. The maximum absolute atomic E-state index is 13.0. The van der Waals surface area contributed by atoms with Crippen molar-refractivity contribution in [3.05, 3.63) is 54.0 Å². The van der Waals surface area contributed by atoms with E-state index in [4.69, 9.17) is 4.42 Å². The summed E-state index contributed by atoms with van der Waals surface area (Å²) in [6.45, 7) is -2.65. The van der Waals surface area contributed by atoms with Crippen LogP contribution in [0, 0.1) is 0 Å². The van der Waals surface area contributed by atoms with Gasteiger partial charge in [-0.25, -0.2) is 0 Å². The molecule has 1 fully saturated rings. The Balaban J connectivity index is 1.88. The molecular formula is C18H19F2NO3. The molecule has 0 bridgehead atoms. The van der Waals surface area contributed by atoms with E-state index in [-0.39, 0.29) is 23.3 Å². The van der Waals surface area contributed by atoms with Crippen LogP contribution in [0.5, 0.6) is 5.75 Å². The average molecular weight is 335 g/mol. The molecule has 6 heteroatoms. The number of hydrogen-bond donors (Lipinski definition) is 0. The lowest BCUT2D eigenvalue weighted by atomic mass is 10.1. The number of ether oxygens (including phenoxy) is 1. The fourth-order valence-electron chi connectivity index (χ4n) is 3.15. The fraction of sp³-hybridized carbons (Fsp3) is 0.389. The van der Waals surface area contributed by atoms with Gasteiger partial charge in [0.05, 0.1) is 18.4 Å². The molecule has 1 saturated carbocycles. The van der Waals surface area contributed by atoms with E-state index in [0.29, 0.717) is 12.3 Å². The van der Waals surface area contributed by atoms with Crippen molar-refractivity contribution in [3.8, 4) is 5.75 Å². The van der Waals surface area contributed by atoms with Crippen molar-refractivity contribution >= 4 is 5.91 Å². The highest BCUT2D eigenvalue weighted by molar-refractivity contribution is 5.97. The van der Waals surface area contributed by atoms with Crippen molar-refractivity contribution in [2.45, 2.75) is 44.9 Å². The number of carbonyl (C=O) groups excluding carboxylic acids is 1. The second-order valence-electron chi connectivity index (χ2n) is 5.83. The molecule has 128 valence electrons. The molecule has 1 aliphatic rings. The third kappa shape index (κ3) is 3.75. The van der Waals surface area contributed by atoms with Gasteiger partial charge in [0.15, 0.2) is 0 Å². The van der Waals surface area contributed by atoms with Crippen LogP contribution < -0.4 is 4.74 Å². The smallest absolute Gasteiger partial charge is 0.387 e. The third-order valence-electron chi connectivity index (χ3n) is 4.27. The Kier molecular flexibility index (Phi) is 5.13. The van der Waals surface area contributed by atoms with Crippen LogP contribution in [0.4, 0.5) is 8.78 Å². The van der Waals surface area contributed by atoms with Gasteiger partial charge in [0.1, 0.15) is 11.5 Å². The molecule has 2 aromatic rings. The number of para-hydroxylation sites is 1.